The molecular formula is C20H20N4O5. The van der Waals surface area contributed by atoms with Crippen LogP contribution >= 0.6 is 0 Å². The Kier molecular flexibility index (Phi) is 5.58. The first-order valence-corrected chi connectivity index (χ1v) is 8.96. The number of nitrogens with one attached hydrogen (secondary N) is 1. The minimum absolute atomic E-state index is 0.0257. The number of phenols is 1. The summed E-state index contributed by atoms with van der Waals surface area (Å²) in [6, 6.07) is 9.70. The molecule has 1 amide bonds. The predicted octanol–water partition coefficient (Wildman–Crippen LogP) is 1.64. The smallest absolute Gasteiger partial charge is 0.330 e. The first kappa shape index (κ1) is 20.0. The van der Waals surface area contributed by atoms with E-state index in [4.69, 9.17) is 0 Å². The van der Waals surface area contributed by atoms with Crippen LogP contribution in [0.3, 0.4) is 0 Å². The third-order valence-corrected chi connectivity index (χ3v) is 4.51. The average molecular weight is 396 g/mol. The maximum absolute atomic E-state index is 13.0. The first-order valence-electron chi connectivity index (χ1n) is 8.96. The Morgan fingerprint density at radius 3 is 2.34 bits per heavy atom. The lowest BCUT2D eigenvalue weighted by Crippen LogP contribution is -2.44. The number of amides is 1. The van der Waals surface area contributed by atoms with E-state index in [1.165, 1.54) is 24.3 Å². The molecule has 9 heteroatoms. The van der Waals surface area contributed by atoms with Gasteiger partial charge >= 0.3 is 5.97 Å². The molecule has 1 aromatic heterocycles. The highest BCUT2D eigenvalue weighted by molar-refractivity contribution is 5.87. The van der Waals surface area contributed by atoms with Gasteiger partial charge in [-0.2, -0.15) is 4.68 Å². The zero-order valence-corrected chi connectivity index (χ0v) is 15.8. The van der Waals surface area contributed by atoms with Crippen LogP contribution in [0, 0.1) is 5.92 Å². The molecule has 0 saturated carbocycles. The molecule has 0 radical (unpaired) electrons. The summed E-state index contributed by atoms with van der Waals surface area (Å²) in [5, 5.41) is 29.6. The molecular weight excluding hydrogens is 376 g/mol. The molecule has 3 rings (SSSR count). The number of carbonyl (C=O) groups excluding carboxylic acids is 1. The number of carboxylic acids is 1. The number of hydrogen-bond donors (Lipinski definition) is 3. The van der Waals surface area contributed by atoms with Gasteiger partial charge in [0, 0.05) is 0 Å². The molecule has 0 aliphatic heterocycles. The number of carbonyl (C=O) groups is 2. The summed E-state index contributed by atoms with van der Waals surface area (Å²) in [6.45, 7) is 3.45. The Morgan fingerprint density at radius 2 is 1.72 bits per heavy atom. The van der Waals surface area contributed by atoms with Crippen molar-refractivity contribution in [3.05, 3.63) is 64.4 Å². The molecule has 0 spiro atoms. The van der Waals surface area contributed by atoms with E-state index in [0.29, 0.717) is 10.9 Å². The van der Waals surface area contributed by atoms with Gasteiger partial charge in [-0.3, -0.25) is 9.59 Å². The van der Waals surface area contributed by atoms with Crippen LogP contribution in [0.5, 0.6) is 5.75 Å². The van der Waals surface area contributed by atoms with Crippen LogP contribution in [0.15, 0.2) is 53.3 Å². The topological polar surface area (TPSA) is 134 Å². The lowest BCUT2D eigenvalue weighted by molar-refractivity contribution is -0.143. The normalized spacial score (nSPS) is 13.2. The van der Waals surface area contributed by atoms with Crippen molar-refractivity contribution in [1.29, 1.82) is 0 Å². The van der Waals surface area contributed by atoms with Gasteiger partial charge in [0.2, 0.25) is 5.91 Å². The van der Waals surface area contributed by atoms with Crippen LogP contribution in [-0.4, -0.2) is 37.1 Å². The number of fused-ring (bicyclic) bond motifs is 1. The molecule has 0 saturated heterocycles. The fourth-order valence-corrected chi connectivity index (χ4v) is 3.06. The summed E-state index contributed by atoms with van der Waals surface area (Å²) >= 11 is 0. The summed E-state index contributed by atoms with van der Waals surface area (Å²) in [4.78, 5) is 37.5. The third-order valence-electron chi connectivity index (χ3n) is 4.51. The van der Waals surface area contributed by atoms with Crippen molar-refractivity contribution in [3.8, 4) is 5.75 Å². The van der Waals surface area contributed by atoms with Crippen molar-refractivity contribution in [2.45, 2.75) is 25.9 Å². The van der Waals surface area contributed by atoms with Gasteiger partial charge in [0.25, 0.3) is 5.56 Å². The van der Waals surface area contributed by atoms with E-state index in [0.717, 1.165) is 4.68 Å². The maximum atomic E-state index is 13.0. The fraction of sp³-hybridized carbons (Fsp3) is 0.250. The molecule has 0 fully saturated rings. The van der Waals surface area contributed by atoms with Crippen LogP contribution < -0.4 is 10.9 Å². The number of carboxylic acid groups (broad SMARTS) is 1. The minimum Gasteiger partial charge on any atom is -0.508 e. The number of rotatable bonds is 6. The van der Waals surface area contributed by atoms with Crippen LogP contribution in [0.2, 0.25) is 0 Å². The molecule has 2 atom stereocenters. The summed E-state index contributed by atoms with van der Waals surface area (Å²) < 4.78 is 0.984. The van der Waals surface area contributed by atoms with E-state index >= 15 is 0 Å². The van der Waals surface area contributed by atoms with E-state index in [1.54, 1.807) is 38.1 Å². The van der Waals surface area contributed by atoms with Gasteiger partial charge < -0.3 is 15.5 Å². The molecule has 0 unspecified atom stereocenters. The van der Waals surface area contributed by atoms with Gasteiger partial charge in [-0.1, -0.05) is 43.3 Å². The zero-order chi connectivity index (χ0) is 21.1. The van der Waals surface area contributed by atoms with Crippen LogP contribution in [0.25, 0.3) is 10.9 Å². The number of hydrogen-bond acceptors (Lipinski definition) is 6. The summed E-state index contributed by atoms with van der Waals surface area (Å²) in [5.41, 5.74) is 0.202. The zero-order valence-electron chi connectivity index (χ0n) is 15.8. The van der Waals surface area contributed by atoms with Gasteiger partial charge in [0.15, 0.2) is 6.04 Å². The molecule has 0 bridgehead atoms. The van der Waals surface area contributed by atoms with E-state index in [2.05, 4.69) is 15.6 Å². The molecule has 29 heavy (non-hydrogen) atoms. The number of nitrogens with zero attached hydrogens (tertiary/aromatic N) is 3. The average Bonchev–Trinajstić information content (AvgIpc) is 2.68. The maximum Gasteiger partial charge on any atom is 0.330 e. The summed E-state index contributed by atoms with van der Waals surface area (Å²) in [6.07, 6.45) is 0. The molecule has 0 aliphatic carbocycles. The highest BCUT2D eigenvalue weighted by Gasteiger charge is 2.31. The first-order chi connectivity index (χ1) is 13.8. The lowest BCUT2D eigenvalue weighted by Gasteiger charge is -2.23. The van der Waals surface area contributed by atoms with Crippen molar-refractivity contribution in [2.24, 2.45) is 5.92 Å². The van der Waals surface area contributed by atoms with E-state index < -0.39 is 29.5 Å². The predicted molar refractivity (Wildman–Crippen MR) is 104 cm³/mol. The monoisotopic (exact) mass is 396 g/mol. The van der Waals surface area contributed by atoms with Gasteiger partial charge in [-0.25, -0.2) is 4.79 Å². The quantitative estimate of drug-likeness (QED) is 0.576. The third kappa shape index (κ3) is 4.08. The standard InChI is InChI=1S/C20H20N4O5/c1-11(2)17(24-19(27)14-5-3-4-6-15(14)22-23-24)18(26)21-16(20(28)29)12-7-9-13(25)10-8-12/h3-11,16-17,25H,1-2H3,(H,21,26)(H,28,29)/t16-,17-/m0/s1. The van der Waals surface area contributed by atoms with Gasteiger partial charge in [-0.05, 0) is 35.7 Å². The van der Waals surface area contributed by atoms with E-state index in [1.807, 2.05) is 0 Å². The van der Waals surface area contributed by atoms with Crippen LogP contribution in [0.4, 0.5) is 0 Å². The lowest BCUT2D eigenvalue weighted by atomic mass is 10.0. The number of aromatic hydroxyl groups is 1. The summed E-state index contributed by atoms with van der Waals surface area (Å²) in [5.74, 6) is -2.34. The van der Waals surface area contributed by atoms with Crippen LogP contribution in [0.1, 0.15) is 31.5 Å². The number of phenolic OH excluding ortho intramolecular Hbond substituents is 1. The number of benzene rings is 2. The second-order valence-electron chi connectivity index (χ2n) is 6.92. The number of aromatic nitrogens is 3. The minimum atomic E-state index is -1.35. The highest BCUT2D eigenvalue weighted by atomic mass is 16.4. The molecule has 150 valence electrons. The molecule has 9 nitrogen and oxygen atoms in total. The Morgan fingerprint density at radius 1 is 1.07 bits per heavy atom. The van der Waals surface area contributed by atoms with Crippen molar-refractivity contribution >= 4 is 22.8 Å². The van der Waals surface area contributed by atoms with E-state index in [9.17, 15) is 24.6 Å². The van der Waals surface area contributed by atoms with Gasteiger partial charge in [-0.15, -0.1) is 5.10 Å². The SMILES string of the molecule is CC(C)[C@@H](C(=O)N[C@H](C(=O)O)c1ccc(O)cc1)n1nnc2ccccc2c1=O. The van der Waals surface area contributed by atoms with Crippen molar-refractivity contribution in [1.82, 2.24) is 20.3 Å². The van der Waals surface area contributed by atoms with Crippen molar-refractivity contribution in [3.63, 3.8) is 0 Å². The molecule has 3 N–H and O–H groups in total. The molecule has 2 aromatic carbocycles. The molecule has 0 aliphatic rings. The van der Waals surface area contributed by atoms with Gasteiger partial charge in [0.05, 0.1) is 5.39 Å². The van der Waals surface area contributed by atoms with E-state index in [-0.39, 0.29) is 17.2 Å². The van der Waals surface area contributed by atoms with Crippen LogP contribution in [-0.2, 0) is 9.59 Å². The number of aliphatic carboxylic acids is 1. The fourth-order valence-electron chi connectivity index (χ4n) is 3.06. The van der Waals surface area contributed by atoms with Crippen molar-refractivity contribution < 1.29 is 19.8 Å². The highest BCUT2D eigenvalue weighted by Crippen LogP contribution is 2.21. The van der Waals surface area contributed by atoms with Gasteiger partial charge in [0.1, 0.15) is 17.3 Å². The second kappa shape index (κ2) is 8.09. The summed E-state index contributed by atoms with van der Waals surface area (Å²) in [7, 11) is 0. The Balaban J connectivity index is 1.98. The molecule has 3 aromatic rings. The molecule has 1 heterocycles. The largest absolute Gasteiger partial charge is 0.508 e. The Hall–Kier alpha value is -3.75. The Labute approximate surface area is 165 Å². The van der Waals surface area contributed by atoms with Crippen molar-refractivity contribution in [2.75, 3.05) is 0 Å². The Bertz CT molecular complexity index is 1110. The second-order valence-corrected chi connectivity index (χ2v) is 6.92.